The maximum absolute atomic E-state index is 5.64. The topological polar surface area (TPSA) is 18.5 Å². The van der Waals surface area contributed by atoms with Crippen molar-refractivity contribution in [2.75, 3.05) is 13.2 Å². The summed E-state index contributed by atoms with van der Waals surface area (Å²) in [7, 11) is 0. The number of fused-ring (bicyclic) bond motifs is 1. The van der Waals surface area contributed by atoms with E-state index in [1.807, 2.05) is 13.8 Å². The van der Waals surface area contributed by atoms with E-state index in [-0.39, 0.29) is 0 Å². The molecule has 0 unspecified atom stereocenters. The highest BCUT2D eigenvalue weighted by Crippen LogP contribution is 2.35. The fourth-order valence-corrected chi connectivity index (χ4v) is 1.53. The van der Waals surface area contributed by atoms with Crippen LogP contribution in [-0.2, 0) is 0 Å². The first-order valence-electron chi connectivity index (χ1n) is 4.65. The Hall–Kier alpha value is -1.18. The Morgan fingerprint density at radius 3 is 1.85 bits per heavy atom. The van der Waals surface area contributed by atoms with Crippen molar-refractivity contribution in [2.24, 2.45) is 0 Å². The predicted octanol–water partition coefficient (Wildman–Crippen LogP) is 2.46. The van der Waals surface area contributed by atoms with Gasteiger partial charge in [0.25, 0.3) is 0 Å². The van der Waals surface area contributed by atoms with Gasteiger partial charge >= 0.3 is 0 Å². The summed E-state index contributed by atoms with van der Waals surface area (Å²) in [5.74, 6) is 1.86. The SMILES string of the molecule is Cc1ccc(C)c2c1OCCCO2. The van der Waals surface area contributed by atoms with Crippen LogP contribution in [0, 0.1) is 13.8 Å². The third-order valence-electron chi connectivity index (χ3n) is 2.29. The van der Waals surface area contributed by atoms with Gasteiger partial charge in [-0.2, -0.15) is 0 Å². The minimum absolute atomic E-state index is 0.761. The van der Waals surface area contributed by atoms with Gasteiger partial charge in [-0.15, -0.1) is 0 Å². The average molecular weight is 178 g/mol. The van der Waals surface area contributed by atoms with Gasteiger partial charge in [-0.3, -0.25) is 0 Å². The predicted molar refractivity (Wildman–Crippen MR) is 51.5 cm³/mol. The van der Waals surface area contributed by atoms with E-state index in [9.17, 15) is 0 Å². The molecule has 0 fully saturated rings. The molecule has 0 saturated heterocycles. The molecular formula is C11H14O2. The Labute approximate surface area is 78.5 Å². The van der Waals surface area contributed by atoms with Crippen LogP contribution < -0.4 is 9.47 Å². The molecule has 0 spiro atoms. The van der Waals surface area contributed by atoms with Crippen LogP contribution in [0.5, 0.6) is 11.5 Å². The zero-order valence-electron chi connectivity index (χ0n) is 8.09. The van der Waals surface area contributed by atoms with Gasteiger partial charge in [-0.05, 0) is 25.0 Å². The van der Waals surface area contributed by atoms with Crippen molar-refractivity contribution in [1.29, 1.82) is 0 Å². The van der Waals surface area contributed by atoms with E-state index < -0.39 is 0 Å². The molecule has 1 aromatic carbocycles. The van der Waals surface area contributed by atoms with E-state index in [1.54, 1.807) is 0 Å². The standard InChI is InChI=1S/C11H14O2/c1-8-4-5-9(2)11-10(8)12-6-3-7-13-11/h4-5H,3,6-7H2,1-2H3. The molecule has 1 aliphatic rings. The summed E-state index contributed by atoms with van der Waals surface area (Å²) in [6.07, 6.45) is 0.966. The summed E-state index contributed by atoms with van der Waals surface area (Å²) in [6, 6.07) is 4.14. The fourth-order valence-electron chi connectivity index (χ4n) is 1.53. The lowest BCUT2D eigenvalue weighted by Gasteiger charge is -2.11. The Morgan fingerprint density at radius 1 is 0.923 bits per heavy atom. The van der Waals surface area contributed by atoms with Crippen molar-refractivity contribution < 1.29 is 9.47 Å². The number of benzene rings is 1. The van der Waals surface area contributed by atoms with E-state index >= 15 is 0 Å². The minimum atomic E-state index is 0.761. The Kier molecular flexibility index (Phi) is 2.13. The monoisotopic (exact) mass is 178 g/mol. The van der Waals surface area contributed by atoms with Gasteiger partial charge in [0.15, 0.2) is 11.5 Å². The van der Waals surface area contributed by atoms with Crippen LogP contribution in [0.15, 0.2) is 12.1 Å². The number of hydrogen-bond acceptors (Lipinski definition) is 2. The number of hydrogen-bond donors (Lipinski definition) is 0. The molecule has 0 amide bonds. The quantitative estimate of drug-likeness (QED) is 0.607. The first kappa shape index (κ1) is 8.42. The Balaban J connectivity index is 2.50. The number of aryl methyl sites for hydroxylation is 2. The maximum atomic E-state index is 5.64. The molecular weight excluding hydrogens is 164 g/mol. The van der Waals surface area contributed by atoms with Crippen LogP contribution in [-0.4, -0.2) is 13.2 Å². The van der Waals surface area contributed by atoms with Gasteiger partial charge in [-0.25, -0.2) is 0 Å². The van der Waals surface area contributed by atoms with E-state index in [0.717, 1.165) is 42.3 Å². The van der Waals surface area contributed by atoms with Crippen molar-refractivity contribution in [3.05, 3.63) is 23.3 Å². The molecule has 1 heterocycles. The summed E-state index contributed by atoms with van der Waals surface area (Å²) in [4.78, 5) is 0. The Morgan fingerprint density at radius 2 is 1.38 bits per heavy atom. The normalized spacial score (nSPS) is 15.2. The lowest BCUT2D eigenvalue weighted by atomic mass is 10.1. The Bertz CT molecular complexity index is 287. The highest BCUT2D eigenvalue weighted by Gasteiger charge is 2.14. The van der Waals surface area contributed by atoms with Crippen LogP contribution in [0.3, 0.4) is 0 Å². The molecule has 0 bridgehead atoms. The summed E-state index contributed by atoms with van der Waals surface area (Å²) in [6.45, 7) is 5.62. The van der Waals surface area contributed by atoms with Crippen molar-refractivity contribution in [1.82, 2.24) is 0 Å². The van der Waals surface area contributed by atoms with Gasteiger partial charge in [0.2, 0.25) is 0 Å². The molecule has 0 atom stereocenters. The summed E-state index contributed by atoms with van der Waals surface area (Å²) in [5, 5.41) is 0. The van der Waals surface area contributed by atoms with Crippen LogP contribution in [0.2, 0.25) is 0 Å². The van der Waals surface area contributed by atoms with Gasteiger partial charge in [-0.1, -0.05) is 12.1 Å². The van der Waals surface area contributed by atoms with E-state index in [0.29, 0.717) is 0 Å². The smallest absolute Gasteiger partial charge is 0.164 e. The molecule has 70 valence electrons. The summed E-state index contributed by atoms with van der Waals surface area (Å²) < 4.78 is 11.3. The second-order valence-corrected chi connectivity index (χ2v) is 3.41. The molecule has 0 radical (unpaired) electrons. The van der Waals surface area contributed by atoms with Gasteiger partial charge in [0, 0.05) is 6.42 Å². The fraction of sp³-hybridized carbons (Fsp3) is 0.455. The average Bonchev–Trinajstić information content (AvgIpc) is 2.37. The molecule has 1 aliphatic heterocycles. The molecule has 0 N–H and O–H groups in total. The largest absolute Gasteiger partial charge is 0.489 e. The molecule has 2 rings (SSSR count). The number of ether oxygens (including phenoxy) is 2. The summed E-state index contributed by atoms with van der Waals surface area (Å²) in [5.41, 5.74) is 2.31. The summed E-state index contributed by atoms with van der Waals surface area (Å²) >= 11 is 0. The third-order valence-corrected chi connectivity index (χ3v) is 2.29. The molecule has 2 nitrogen and oxygen atoms in total. The lowest BCUT2D eigenvalue weighted by Crippen LogP contribution is -1.97. The molecule has 0 aliphatic carbocycles. The van der Waals surface area contributed by atoms with Crippen molar-refractivity contribution in [3.8, 4) is 11.5 Å². The molecule has 13 heavy (non-hydrogen) atoms. The van der Waals surface area contributed by atoms with Gasteiger partial charge < -0.3 is 9.47 Å². The molecule has 1 aromatic rings. The second kappa shape index (κ2) is 3.29. The van der Waals surface area contributed by atoms with Crippen LogP contribution in [0.4, 0.5) is 0 Å². The highest BCUT2D eigenvalue weighted by atomic mass is 16.5. The third kappa shape index (κ3) is 1.48. The minimum Gasteiger partial charge on any atom is -0.489 e. The molecule has 2 heteroatoms. The van der Waals surface area contributed by atoms with Crippen molar-refractivity contribution in [3.63, 3.8) is 0 Å². The van der Waals surface area contributed by atoms with Crippen molar-refractivity contribution >= 4 is 0 Å². The van der Waals surface area contributed by atoms with Crippen molar-refractivity contribution in [2.45, 2.75) is 20.3 Å². The zero-order valence-corrected chi connectivity index (χ0v) is 8.09. The van der Waals surface area contributed by atoms with E-state index in [2.05, 4.69) is 12.1 Å². The van der Waals surface area contributed by atoms with Crippen LogP contribution in [0.1, 0.15) is 17.5 Å². The van der Waals surface area contributed by atoms with Crippen LogP contribution in [0.25, 0.3) is 0 Å². The molecule has 0 saturated carbocycles. The van der Waals surface area contributed by atoms with E-state index in [4.69, 9.17) is 9.47 Å². The van der Waals surface area contributed by atoms with Gasteiger partial charge in [0.05, 0.1) is 13.2 Å². The van der Waals surface area contributed by atoms with E-state index in [1.165, 1.54) is 0 Å². The first-order valence-corrected chi connectivity index (χ1v) is 4.65. The first-order chi connectivity index (χ1) is 6.29. The maximum Gasteiger partial charge on any atom is 0.164 e. The van der Waals surface area contributed by atoms with Crippen LogP contribution >= 0.6 is 0 Å². The second-order valence-electron chi connectivity index (χ2n) is 3.41. The lowest BCUT2D eigenvalue weighted by molar-refractivity contribution is 0.296. The highest BCUT2D eigenvalue weighted by molar-refractivity contribution is 5.51. The molecule has 0 aromatic heterocycles. The van der Waals surface area contributed by atoms with Gasteiger partial charge in [0.1, 0.15) is 0 Å². The zero-order chi connectivity index (χ0) is 9.26. The number of rotatable bonds is 0.